The molecule has 1 atom stereocenters. The number of ether oxygens (including phenoxy) is 1. The first-order valence-corrected chi connectivity index (χ1v) is 7.85. The van der Waals surface area contributed by atoms with E-state index < -0.39 is 33.2 Å². The fourth-order valence-corrected chi connectivity index (χ4v) is 2.89. The van der Waals surface area contributed by atoms with Crippen LogP contribution < -0.4 is 5.32 Å². The topological polar surface area (TPSA) is 98.5 Å². The highest BCUT2D eigenvalue weighted by atomic mass is 35.5. The summed E-state index contributed by atoms with van der Waals surface area (Å²) in [4.78, 5) is 34.4. The highest BCUT2D eigenvalue weighted by Crippen LogP contribution is 2.64. The Morgan fingerprint density at radius 2 is 1.96 bits per heavy atom. The third kappa shape index (κ3) is 3.32. The molecule has 2 rings (SSSR count). The van der Waals surface area contributed by atoms with Crippen molar-refractivity contribution in [3.63, 3.8) is 0 Å². The van der Waals surface area contributed by atoms with E-state index in [2.05, 4.69) is 5.32 Å². The van der Waals surface area contributed by atoms with E-state index in [1.54, 1.807) is 26.8 Å². The Bertz CT molecular complexity index is 735. The average molecular weight is 375 g/mol. The molecule has 1 saturated carbocycles. The molecule has 1 N–H and O–H groups in total. The van der Waals surface area contributed by atoms with E-state index in [0.29, 0.717) is 5.56 Å². The number of benzene rings is 1. The van der Waals surface area contributed by atoms with Crippen molar-refractivity contribution in [3.05, 3.63) is 33.4 Å². The Balaban J connectivity index is 2.05. The fourth-order valence-electron chi connectivity index (χ4n) is 2.20. The first kappa shape index (κ1) is 18.5. The molecule has 1 aliphatic carbocycles. The molecule has 1 aliphatic rings. The quantitative estimate of drug-likeness (QED) is 0.369. The molecule has 0 radical (unpaired) electrons. The standard InChI is InChI=1S/C15H16Cl2N2O5/c1-8-4-5-10(19(22)23)12(9(8)2)18-11(20)6-24-13(21)14(3)7-15(14,16)17/h4-5H,6-7H2,1-3H3,(H,18,20). The molecule has 9 heteroatoms. The van der Waals surface area contributed by atoms with Crippen LogP contribution >= 0.6 is 23.2 Å². The number of halogens is 2. The molecule has 0 spiro atoms. The number of esters is 1. The van der Waals surface area contributed by atoms with Gasteiger partial charge in [0.2, 0.25) is 0 Å². The normalized spacial score (nSPS) is 21.0. The van der Waals surface area contributed by atoms with Gasteiger partial charge < -0.3 is 10.1 Å². The monoisotopic (exact) mass is 374 g/mol. The number of hydrogen-bond acceptors (Lipinski definition) is 5. The lowest BCUT2D eigenvalue weighted by Crippen LogP contribution is -2.27. The fraction of sp³-hybridized carbons (Fsp3) is 0.467. The first-order valence-electron chi connectivity index (χ1n) is 7.09. The molecule has 7 nitrogen and oxygen atoms in total. The van der Waals surface area contributed by atoms with E-state index in [1.165, 1.54) is 6.07 Å². The summed E-state index contributed by atoms with van der Waals surface area (Å²) >= 11 is 11.7. The van der Waals surface area contributed by atoms with Gasteiger partial charge in [0, 0.05) is 12.5 Å². The Hall–Kier alpha value is -1.86. The van der Waals surface area contributed by atoms with Crippen molar-refractivity contribution in [2.45, 2.75) is 31.5 Å². The van der Waals surface area contributed by atoms with Gasteiger partial charge in [-0.05, 0) is 31.9 Å². The van der Waals surface area contributed by atoms with Crippen molar-refractivity contribution < 1.29 is 19.2 Å². The maximum atomic E-state index is 12.0. The molecule has 24 heavy (non-hydrogen) atoms. The number of rotatable bonds is 5. The largest absolute Gasteiger partial charge is 0.455 e. The van der Waals surface area contributed by atoms with Gasteiger partial charge in [-0.1, -0.05) is 6.07 Å². The van der Waals surface area contributed by atoms with Gasteiger partial charge in [0.05, 0.1) is 4.92 Å². The van der Waals surface area contributed by atoms with Crippen molar-refractivity contribution in [3.8, 4) is 0 Å². The van der Waals surface area contributed by atoms with Crippen LogP contribution in [0.4, 0.5) is 11.4 Å². The molecule has 1 unspecified atom stereocenters. The zero-order valence-corrected chi connectivity index (χ0v) is 14.8. The molecule has 0 heterocycles. The molecule has 0 bridgehead atoms. The Morgan fingerprint density at radius 3 is 2.46 bits per heavy atom. The third-order valence-corrected chi connectivity index (χ3v) is 5.32. The van der Waals surface area contributed by atoms with E-state index in [0.717, 1.165) is 5.56 Å². The van der Waals surface area contributed by atoms with E-state index >= 15 is 0 Å². The maximum Gasteiger partial charge on any atom is 0.315 e. The van der Waals surface area contributed by atoms with Crippen molar-refractivity contribution in [1.82, 2.24) is 0 Å². The van der Waals surface area contributed by atoms with Gasteiger partial charge in [0.1, 0.15) is 15.4 Å². The number of nitrogens with one attached hydrogen (secondary N) is 1. The Kier molecular flexibility index (Phi) is 4.79. The van der Waals surface area contributed by atoms with Crippen LogP contribution in [-0.2, 0) is 14.3 Å². The van der Waals surface area contributed by atoms with E-state index in [9.17, 15) is 19.7 Å². The second-order valence-corrected chi connectivity index (χ2v) is 7.48. The second kappa shape index (κ2) is 6.22. The maximum absolute atomic E-state index is 12.0. The van der Waals surface area contributed by atoms with Crippen LogP contribution in [0.25, 0.3) is 0 Å². The minimum Gasteiger partial charge on any atom is -0.455 e. The second-order valence-electron chi connectivity index (χ2n) is 6.00. The highest BCUT2D eigenvalue weighted by molar-refractivity contribution is 6.53. The summed E-state index contributed by atoms with van der Waals surface area (Å²) in [6.45, 7) is 4.39. The van der Waals surface area contributed by atoms with E-state index in [4.69, 9.17) is 27.9 Å². The predicted molar refractivity (Wildman–Crippen MR) is 89.3 cm³/mol. The lowest BCUT2D eigenvalue weighted by atomic mass is 10.1. The summed E-state index contributed by atoms with van der Waals surface area (Å²) in [5.41, 5.74) is 0.169. The van der Waals surface area contributed by atoms with Gasteiger partial charge in [-0.25, -0.2) is 0 Å². The Labute approximate surface area is 148 Å². The van der Waals surface area contributed by atoms with Crippen LogP contribution in [0.5, 0.6) is 0 Å². The molecule has 1 amide bonds. The molecule has 1 aromatic carbocycles. The minimum absolute atomic E-state index is 0.0858. The van der Waals surface area contributed by atoms with Gasteiger partial charge in [-0.2, -0.15) is 0 Å². The molecule has 130 valence electrons. The predicted octanol–water partition coefficient (Wildman–Crippen LogP) is 3.28. The van der Waals surface area contributed by atoms with E-state index in [1.807, 2.05) is 0 Å². The summed E-state index contributed by atoms with van der Waals surface area (Å²) in [5.74, 6) is -1.36. The number of alkyl halides is 2. The molecule has 0 aromatic heterocycles. The van der Waals surface area contributed by atoms with Crippen molar-refractivity contribution in [1.29, 1.82) is 0 Å². The van der Waals surface area contributed by atoms with E-state index in [-0.39, 0.29) is 17.8 Å². The van der Waals surface area contributed by atoms with Crippen molar-refractivity contribution >= 4 is 46.5 Å². The van der Waals surface area contributed by atoms with Crippen molar-refractivity contribution in [2.75, 3.05) is 11.9 Å². The lowest BCUT2D eigenvalue weighted by Gasteiger charge is -2.13. The van der Waals surface area contributed by atoms with Gasteiger partial charge in [-0.15, -0.1) is 23.2 Å². The third-order valence-electron chi connectivity index (χ3n) is 4.22. The zero-order valence-electron chi connectivity index (χ0n) is 13.3. The summed E-state index contributed by atoms with van der Waals surface area (Å²) < 4.78 is 3.73. The zero-order chi connectivity index (χ0) is 18.3. The van der Waals surface area contributed by atoms with Gasteiger partial charge in [0.25, 0.3) is 11.6 Å². The number of hydrogen-bond donors (Lipinski definition) is 1. The molecule has 1 fully saturated rings. The van der Waals surface area contributed by atoms with Crippen LogP contribution in [0.1, 0.15) is 24.5 Å². The smallest absolute Gasteiger partial charge is 0.315 e. The number of carbonyl (C=O) groups excluding carboxylic acids is 2. The molecular weight excluding hydrogens is 359 g/mol. The minimum atomic E-state index is -1.19. The SMILES string of the molecule is Cc1ccc([N+](=O)[O-])c(NC(=O)COC(=O)C2(C)CC2(Cl)Cl)c1C. The van der Waals surface area contributed by atoms with Crippen LogP contribution in [0.15, 0.2) is 12.1 Å². The number of anilines is 1. The number of nitro groups is 1. The number of nitro benzene ring substituents is 1. The molecule has 0 saturated heterocycles. The summed E-state index contributed by atoms with van der Waals surface area (Å²) in [7, 11) is 0. The lowest BCUT2D eigenvalue weighted by molar-refractivity contribution is -0.384. The molecule has 0 aliphatic heterocycles. The Morgan fingerprint density at radius 1 is 1.38 bits per heavy atom. The molecule has 1 aromatic rings. The van der Waals surface area contributed by atoms with Crippen molar-refractivity contribution in [2.24, 2.45) is 5.41 Å². The number of carbonyl (C=O) groups is 2. The summed E-state index contributed by atoms with van der Waals surface area (Å²) in [6, 6.07) is 2.90. The summed E-state index contributed by atoms with van der Waals surface area (Å²) in [6.07, 6.45) is 0.242. The van der Waals surface area contributed by atoms with Gasteiger partial charge in [0.15, 0.2) is 6.61 Å². The highest BCUT2D eigenvalue weighted by Gasteiger charge is 2.69. The average Bonchev–Trinajstić information content (AvgIpc) is 3.01. The van der Waals surface area contributed by atoms with Crippen LogP contribution in [-0.4, -0.2) is 27.7 Å². The number of amides is 1. The number of aryl methyl sites for hydroxylation is 1. The van der Waals surface area contributed by atoms with Crippen LogP contribution in [0.2, 0.25) is 0 Å². The van der Waals surface area contributed by atoms with Crippen LogP contribution in [0, 0.1) is 29.4 Å². The molecular formula is C15H16Cl2N2O5. The van der Waals surface area contributed by atoms with Crippen LogP contribution in [0.3, 0.4) is 0 Å². The van der Waals surface area contributed by atoms with Gasteiger partial charge >= 0.3 is 5.97 Å². The summed E-state index contributed by atoms with van der Waals surface area (Å²) in [5, 5.41) is 13.5. The van der Waals surface area contributed by atoms with Gasteiger partial charge in [-0.3, -0.25) is 19.7 Å². The number of nitrogens with zero attached hydrogens (tertiary/aromatic N) is 1. The first-order chi connectivity index (χ1) is 11.0.